The Morgan fingerprint density at radius 2 is 1.90 bits per heavy atom. The number of rotatable bonds is 7. The van der Waals surface area contributed by atoms with Gasteiger partial charge in [0.05, 0.1) is 0 Å². The fourth-order valence-electron chi connectivity index (χ4n) is 2.35. The van der Waals surface area contributed by atoms with E-state index in [1.165, 1.54) is 16.7 Å². The minimum atomic E-state index is 0.326. The van der Waals surface area contributed by atoms with Crippen molar-refractivity contribution in [3.63, 3.8) is 0 Å². The Hall–Kier alpha value is -1.33. The summed E-state index contributed by atoms with van der Waals surface area (Å²) in [5.41, 5.74) is 3.97. The van der Waals surface area contributed by atoms with Crippen molar-refractivity contribution in [1.82, 2.24) is 20.5 Å². The van der Waals surface area contributed by atoms with Crippen LogP contribution in [-0.2, 0) is 0 Å². The maximum Gasteiger partial charge on any atom is 0.208 e. The molecular weight excluding hydrogens is 280 g/mol. The highest BCUT2D eigenvalue weighted by atomic mass is 32.2. The second kappa shape index (κ2) is 7.61. The highest BCUT2D eigenvalue weighted by Gasteiger charge is 2.13. The maximum absolute atomic E-state index is 4.36. The molecule has 2 rings (SSSR count). The van der Waals surface area contributed by atoms with Crippen molar-refractivity contribution in [2.24, 2.45) is 0 Å². The van der Waals surface area contributed by atoms with Crippen LogP contribution in [0.3, 0.4) is 0 Å². The minimum absolute atomic E-state index is 0.326. The molecule has 114 valence electrons. The third-order valence-corrected chi connectivity index (χ3v) is 4.18. The van der Waals surface area contributed by atoms with Crippen molar-refractivity contribution in [2.45, 2.75) is 45.3 Å². The van der Waals surface area contributed by atoms with Gasteiger partial charge in [-0.2, -0.15) is 0 Å². The molecule has 1 atom stereocenters. The van der Waals surface area contributed by atoms with Crippen LogP contribution in [0.5, 0.6) is 0 Å². The molecule has 0 aliphatic heterocycles. The van der Waals surface area contributed by atoms with Crippen LogP contribution in [0.2, 0.25) is 0 Å². The van der Waals surface area contributed by atoms with Crippen LogP contribution in [-0.4, -0.2) is 27.5 Å². The lowest BCUT2D eigenvalue weighted by Crippen LogP contribution is -2.24. The molecule has 1 unspecified atom stereocenters. The second-order valence-corrected chi connectivity index (χ2v) is 6.43. The molecule has 0 aliphatic rings. The summed E-state index contributed by atoms with van der Waals surface area (Å²) in [5, 5.41) is 11.5. The summed E-state index contributed by atoms with van der Waals surface area (Å²) < 4.78 is 0. The molecule has 0 saturated heterocycles. The van der Waals surface area contributed by atoms with E-state index in [9.17, 15) is 0 Å². The lowest BCUT2D eigenvalue weighted by atomic mass is 10.0. The van der Waals surface area contributed by atoms with Crippen molar-refractivity contribution in [3.8, 4) is 0 Å². The number of benzene rings is 1. The van der Waals surface area contributed by atoms with E-state index in [4.69, 9.17) is 0 Å². The van der Waals surface area contributed by atoms with Gasteiger partial charge in [-0.3, -0.25) is 5.10 Å². The van der Waals surface area contributed by atoms with Crippen molar-refractivity contribution >= 4 is 11.8 Å². The van der Waals surface area contributed by atoms with E-state index in [0.717, 1.165) is 29.7 Å². The fraction of sp³-hybridized carbons (Fsp3) is 0.500. The fourth-order valence-corrected chi connectivity index (χ4v) is 3.28. The van der Waals surface area contributed by atoms with Gasteiger partial charge < -0.3 is 5.32 Å². The van der Waals surface area contributed by atoms with Gasteiger partial charge in [-0.05, 0) is 39.3 Å². The Morgan fingerprint density at radius 1 is 1.19 bits per heavy atom. The van der Waals surface area contributed by atoms with Gasteiger partial charge in [0.15, 0.2) is 0 Å². The first-order valence-electron chi connectivity index (χ1n) is 7.42. The van der Waals surface area contributed by atoms with E-state index in [2.05, 4.69) is 59.5 Å². The molecule has 21 heavy (non-hydrogen) atoms. The maximum atomic E-state index is 4.36. The first-order valence-corrected chi connectivity index (χ1v) is 8.40. The first-order chi connectivity index (χ1) is 10.1. The summed E-state index contributed by atoms with van der Waals surface area (Å²) in [6.07, 6.45) is 1.13. The molecule has 2 N–H and O–H groups in total. The number of aromatic nitrogens is 3. The quantitative estimate of drug-likeness (QED) is 0.768. The zero-order valence-electron chi connectivity index (χ0n) is 13.2. The topological polar surface area (TPSA) is 53.6 Å². The highest BCUT2D eigenvalue weighted by Crippen LogP contribution is 2.24. The molecule has 0 spiro atoms. The smallest absolute Gasteiger partial charge is 0.208 e. The SMILES string of the molecule is CCCNC(CSc1n[nH]c(C)n1)c1cc(C)cc(C)c1. The Labute approximate surface area is 131 Å². The number of hydrogen-bond acceptors (Lipinski definition) is 4. The Morgan fingerprint density at radius 3 is 2.48 bits per heavy atom. The zero-order valence-corrected chi connectivity index (χ0v) is 14.0. The number of nitrogens with zero attached hydrogens (tertiary/aromatic N) is 2. The molecule has 0 amide bonds. The van der Waals surface area contributed by atoms with Gasteiger partial charge in [0.1, 0.15) is 5.82 Å². The largest absolute Gasteiger partial charge is 0.309 e. The molecule has 1 aromatic heterocycles. The van der Waals surface area contributed by atoms with E-state index in [1.54, 1.807) is 11.8 Å². The Kier molecular flexibility index (Phi) is 5.82. The van der Waals surface area contributed by atoms with E-state index in [-0.39, 0.29) is 0 Å². The molecule has 2 aromatic rings. The van der Waals surface area contributed by atoms with Crippen LogP contribution in [0.15, 0.2) is 23.4 Å². The average molecular weight is 304 g/mol. The van der Waals surface area contributed by atoms with Gasteiger partial charge >= 0.3 is 0 Å². The molecule has 0 fully saturated rings. The summed E-state index contributed by atoms with van der Waals surface area (Å²) >= 11 is 1.69. The standard InChI is InChI=1S/C16H24N4S/c1-5-6-17-15(10-21-16-18-13(4)19-20-16)14-8-11(2)7-12(3)9-14/h7-9,15,17H,5-6,10H2,1-4H3,(H,18,19,20). The third kappa shape index (κ3) is 4.86. The van der Waals surface area contributed by atoms with Gasteiger partial charge in [0, 0.05) is 11.8 Å². The predicted octanol–water partition coefficient (Wildman–Crippen LogP) is 3.56. The molecular formula is C16H24N4S. The van der Waals surface area contributed by atoms with Crippen LogP contribution in [0, 0.1) is 20.8 Å². The normalized spacial score (nSPS) is 12.6. The van der Waals surface area contributed by atoms with Crippen LogP contribution >= 0.6 is 11.8 Å². The van der Waals surface area contributed by atoms with Crippen LogP contribution in [0.1, 0.15) is 41.9 Å². The summed E-state index contributed by atoms with van der Waals surface area (Å²) in [6, 6.07) is 7.08. The summed E-state index contributed by atoms with van der Waals surface area (Å²) in [5.74, 6) is 1.79. The number of hydrogen-bond donors (Lipinski definition) is 2. The number of H-pyrrole nitrogens is 1. The Balaban J connectivity index is 2.09. The van der Waals surface area contributed by atoms with Gasteiger partial charge in [-0.15, -0.1) is 5.10 Å². The molecule has 0 bridgehead atoms. The lowest BCUT2D eigenvalue weighted by molar-refractivity contribution is 0.576. The molecule has 1 aromatic carbocycles. The third-order valence-electron chi connectivity index (χ3n) is 3.24. The number of nitrogens with one attached hydrogen (secondary N) is 2. The minimum Gasteiger partial charge on any atom is -0.309 e. The molecule has 5 heteroatoms. The lowest BCUT2D eigenvalue weighted by Gasteiger charge is -2.19. The molecule has 0 radical (unpaired) electrons. The van der Waals surface area contributed by atoms with Gasteiger partial charge in [0.2, 0.25) is 5.16 Å². The monoisotopic (exact) mass is 304 g/mol. The second-order valence-electron chi connectivity index (χ2n) is 5.44. The molecule has 0 saturated carbocycles. The van der Waals surface area contributed by atoms with E-state index in [0.29, 0.717) is 6.04 Å². The van der Waals surface area contributed by atoms with E-state index < -0.39 is 0 Å². The summed E-state index contributed by atoms with van der Waals surface area (Å²) in [6.45, 7) is 9.44. The first kappa shape index (κ1) is 16.0. The molecule has 1 heterocycles. The number of aryl methyl sites for hydroxylation is 3. The molecule has 0 aliphatic carbocycles. The predicted molar refractivity (Wildman–Crippen MR) is 88.8 cm³/mol. The summed E-state index contributed by atoms with van der Waals surface area (Å²) in [4.78, 5) is 4.36. The van der Waals surface area contributed by atoms with Crippen molar-refractivity contribution in [2.75, 3.05) is 12.3 Å². The van der Waals surface area contributed by atoms with Crippen LogP contribution in [0.4, 0.5) is 0 Å². The van der Waals surface area contributed by atoms with Crippen molar-refractivity contribution in [1.29, 1.82) is 0 Å². The Bertz CT molecular complexity index is 559. The number of aromatic amines is 1. The highest BCUT2D eigenvalue weighted by molar-refractivity contribution is 7.99. The van der Waals surface area contributed by atoms with E-state index >= 15 is 0 Å². The van der Waals surface area contributed by atoms with E-state index in [1.807, 2.05) is 6.92 Å². The number of thioether (sulfide) groups is 1. The van der Waals surface area contributed by atoms with Crippen LogP contribution in [0.25, 0.3) is 0 Å². The van der Waals surface area contributed by atoms with Gasteiger partial charge in [-0.25, -0.2) is 4.98 Å². The van der Waals surface area contributed by atoms with Crippen molar-refractivity contribution < 1.29 is 0 Å². The molecule has 4 nitrogen and oxygen atoms in total. The van der Waals surface area contributed by atoms with Crippen LogP contribution < -0.4 is 5.32 Å². The zero-order chi connectivity index (χ0) is 15.2. The van der Waals surface area contributed by atoms with Gasteiger partial charge in [-0.1, -0.05) is 48.0 Å². The summed E-state index contributed by atoms with van der Waals surface area (Å²) in [7, 11) is 0. The van der Waals surface area contributed by atoms with Gasteiger partial charge in [0.25, 0.3) is 0 Å². The average Bonchev–Trinajstić information content (AvgIpc) is 2.83. The van der Waals surface area contributed by atoms with Crippen molar-refractivity contribution in [3.05, 3.63) is 40.7 Å².